The van der Waals surface area contributed by atoms with E-state index in [1.165, 1.54) is 29.2 Å². The van der Waals surface area contributed by atoms with Gasteiger partial charge in [-0.1, -0.05) is 6.92 Å². The minimum Gasteiger partial charge on any atom is -0.480 e. The van der Waals surface area contributed by atoms with Gasteiger partial charge >= 0.3 is 12.6 Å². The number of halogens is 2. The third kappa shape index (κ3) is 4.83. The van der Waals surface area contributed by atoms with E-state index in [4.69, 9.17) is 5.11 Å². The molecule has 110 valence electrons. The van der Waals surface area contributed by atoms with Gasteiger partial charge in [-0.2, -0.15) is 8.78 Å². The maximum Gasteiger partial charge on any atom is 0.387 e. The van der Waals surface area contributed by atoms with Gasteiger partial charge in [-0.25, -0.2) is 0 Å². The van der Waals surface area contributed by atoms with Gasteiger partial charge in [0, 0.05) is 12.1 Å². The van der Waals surface area contributed by atoms with Gasteiger partial charge in [0.05, 0.1) is 0 Å². The SMILES string of the molecule is CCCN(CC(=O)O)C(=O)c1ccc(OC(F)F)cc1. The summed E-state index contributed by atoms with van der Waals surface area (Å²) in [5, 5.41) is 8.75. The van der Waals surface area contributed by atoms with Crippen LogP contribution in [0.4, 0.5) is 8.78 Å². The smallest absolute Gasteiger partial charge is 0.387 e. The summed E-state index contributed by atoms with van der Waals surface area (Å²) in [6.45, 7) is -1.20. The van der Waals surface area contributed by atoms with E-state index in [1.54, 1.807) is 0 Å². The summed E-state index contributed by atoms with van der Waals surface area (Å²) >= 11 is 0. The number of carbonyl (C=O) groups excluding carboxylic acids is 1. The molecule has 0 saturated carbocycles. The van der Waals surface area contributed by atoms with Gasteiger partial charge < -0.3 is 14.7 Å². The average molecular weight is 287 g/mol. The molecule has 1 N–H and O–H groups in total. The Morgan fingerprint density at radius 1 is 1.30 bits per heavy atom. The molecule has 0 bridgehead atoms. The molecule has 1 amide bonds. The molecular weight excluding hydrogens is 272 g/mol. The maximum absolute atomic E-state index is 12.1. The Bertz CT molecular complexity index is 462. The second-order valence-corrected chi connectivity index (χ2v) is 4.02. The predicted octanol–water partition coefficient (Wildman–Crippen LogP) is 2.22. The molecule has 5 nitrogen and oxygen atoms in total. The van der Waals surface area contributed by atoms with Crippen molar-refractivity contribution >= 4 is 11.9 Å². The number of carboxylic acid groups (broad SMARTS) is 1. The van der Waals surface area contributed by atoms with Crippen molar-refractivity contribution < 1.29 is 28.2 Å². The Balaban J connectivity index is 2.80. The molecule has 0 radical (unpaired) electrons. The van der Waals surface area contributed by atoms with Crippen LogP contribution >= 0.6 is 0 Å². The number of amides is 1. The van der Waals surface area contributed by atoms with Gasteiger partial charge in [-0.05, 0) is 30.7 Å². The van der Waals surface area contributed by atoms with E-state index >= 15 is 0 Å². The molecule has 0 unspecified atom stereocenters. The number of carboxylic acids is 1. The fourth-order valence-electron chi connectivity index (χ4n) is 1.65. The Labute approximate surface area is 114 Å². The zero-order chi connectivity index (χ0) is 15.1. The van der Waals surface area contributed by atoms with Crippen LogP contribution in [0.2, 0.25) is 0 Å². The highest BCUT2D eigenvalue weighted by Gasteiger charge is 2.17. The zero-order valence-electron chi connectivity index (χ0n) is 10.9. The number of hydrogen-bond acceptors (Lipinski definition) is 3. The average Bonchev–Trinajstić information content (AvgIpc) is 2.37. The zero-order valence-corrected chi connectivity index (χ0v) is 10.9. The molecule has 20 heavy (non-hydrogen) atoms. The number of aliphatic carboxylic acids is 1. The van der Waals surface area contributed by atoms with Gasteiger partial charge in [0.1, 0.15) is 12.3 Å². The molecule has 7 heteroatoms. The topological polar surface area (TPSA) is 66.8 Å². The van der Waals surface area contributed by atoms with Crippen LogP contribution in [0.5, 0.6) is 5.75 Å². The second kappa shape index (κ2) is 7.42. The summed E-state index contributed by atoms with van der Waals surface area (Å²) < 4.78 is 28.1. The highest BCUT2D eigenvalue weighted by molar-refractivity contribution is 5.95. The molecule has 0 aliphatic carbocycles. The summed E-state index contributed by atoms with van der Waals surface area (Å²) in [6, 6.07) is 5.13. The van der Waals surface area contributed by atoms with Crippen LogP contribution in [0.1, 0.15) is 23.7 Å². The molecule has 0 aliphatic rings. The lowest BCUT2D eigenvalue weighted by molar-refractivity contribution is -0.137. The minimum atomic E-state index is -2.93. The van der Waals surface area contributed by atoms with Crippen molar-refractivity contribution in [3.63, 3.8) is 0 Å². The third-order valence-electron chi connectivity index (χ3n) is 2.43. The van der Waals surface area contributed by atoms with Crippen molar-refractivity contribution in [2.45, 2.75) is 20.0 Å². The highest BCUT2D eigenvalue weighted by atomic mass is 19.3. The Hall–Kier alpha value is -2.18. The minimum absolute atomic E-state index is 0.0585. The number of carbonyl (C=O) groups is 2. The van der Waals surface area contributed by atoms with E-state index < -0.39 is 25.0 Å². The van der Waals surface area contributed by atoms with Crippen molar-refractivity contribution in [2.24, 2.45) is 0 Å². The lowest BCUT2D eigenvalue weighted by Crippen LogP contribution is -2.36. The Morgan fingerprint density at radius 2 is 1.90 bits per heavy atom. The van der Waals surface area contributed by atoms with E-state index in [0.717, 1.165) is 0 Å². The summed E-state index contributed by atoms with van der Waals surface area (Å²) in [7, 11) is 0. The molecule has 0 spiro atoms. The molecule has 0 heterocycles. The monoisotopic (exact) mass is 287 g/mol. The molecule has 1 aromatic carbocycles. The van der Waals surface area contributed by atoms with Crippen LogP contribution < -0.4 is 4.74 Å². The number of alkyl halides is 2. The molecule has 0 fully saturated rings. The van der Waals surface area contributed by atoms with Gasteiger partial charge in [0.2, 0.25) is 0 Å². The highest BCUT2D eigenvalue weighted by Crippen LogP contribution is 2.16. The quantitative estimate of drug-likeness (QED) is 0.835. The van der Waals surface area contributed by atoms with Crippen molar-refractivity contribution in [3.05, 3.63) is 29.8 Å². The van der Waals surface area contributed by atoms with Crippen molar-refractivity contribution in [3.8, 4) is 5.75 Å². The van der Waals surface area contributed by atoms with E-state index in [-0.39, 0.29) is 11.3 Å². The molecular formula is C13H15F2NO4. The lowest BCUT2D eigenvalue weighted by Gasteiger charge is -2.20. The van der Waals surface area contributed by atoms with Gasteiger partial charge in [-0.3, -0.25) is 9.59 Å². The first-order valence-electron chi connectivity index (χ1n) is 6.00. The van der Waals surface area contributed by atoms with Crippen molar-refractivity contribution in [2.75, 3.05) is 13.1 Å². The standard InChI is InChI=1S/C13H15F2NO4/c1-2-7-16(8-11(17)18)12(19)9-3-5-10(6-4-9)20-13(14)15/h3-6,13H,2,7-8H2,1H3,(H,17,18). The molecule has 0 saturated heterocycles. The predicted molar refractivity (Wildman–Crippen MR) is 66.9 cm³/mol. The summed E-state index contributed by atoms with van der Waals surface area (Å²) in [5.41, 5.74) is 0.223. The molecule has 0 aliphatic heterocycles. The van der Waals surface area contributed by atoms with Gasteiger partial charge in [0.15, 0.2) is 0 Å². The van der Waals surface area contributed by atoms with Gasteiger partial charge in [-0.15, -0.1) is 0 Å². The third-order valence-corrected chi connectivity index (χ3v) is 2.43. The fraction of sp³-hybridized carbons (Fsp3) is 0.385. The molecule has 1 rings (SSSR count). The second-order valence-electron chi connectivity index (χ2n) is 4.02. The number of ether oxygens (including phenoxy) is 1. The van der Waals surface area contributed by atoms with Crippen LogP contribution in [-0.4, -0.2) is 41.6 Å². The lowest BCUT2D eigenvalue weighted by atomic mass is 10.2. The first kappa shape index (κ1) is 15.9. The van der Waals surface area contributed by atoms with Crippen LogP contribution in [0, 0.1) is 0 Å². The number of rotatable bonds is 7. The van der Waals surface area contributed by atoms with Crippen molar-refractivity contribution in [1.82, 2.24) is 4.90 Å². The maximum atomic E-state index is 12.1. The summed E-state index contributed by atoms with van der Waals surface area (Å²) in [6.07, 6.45) is 0.617. The van der Waals surface area contributed by atoms with Crippen LogP contribution in [0.15, 0.2) is 24.3 Å². The fourth-order valence-corrected chi connectivity index (χ4v) is 1.65. The van der Waals surface area contributed by atoms with Crippen molar-refractivity contribution in [1.29, 1.82) is 0 Å². The van der Waals surface area contributed by atoms with E-state index in [0.29, 0.717) is 13.0 Å². The number of hydrogen-bond donors (Lipinski definition) is 1. The first-order chi connectivity index (χ1) is 9.43. The van der Waals surface area contributed by atoms with E-state index in [9.17, 15) is 18.4 Å². The summed E-state index contributed by atoms with van der Waals surface area (Å²) in [5.74, 6) is -1.63. The largest absolute Gasteiger partial charge is 0.480 e. The normalized spacial score (nSPS) is 10.4. The van der Waals surface area contributed by atoms with Crippen LogP contribution in [-0.2, 0) is 4.79 Å². The Kier molecular flexibility index (Phi) is 5.89. The first-order valence-corrected chi connectivity index (χ1v) is 6.00. The van der Waals surface area contributed by atoms with Crippen LogP contribution in [0.25, 0.3) is 0 Å². The van der Waals surface area contributed by atoms with E-state index in [2.05, 4.69) is 4.74 Å². The van der Waals surface area contributed by atoms with E-state index in [1.807, 2.05) is 6.92 Å². The molecule has 0 aromatic heterocycles. The molecule has 0 atom stereocenters. The number of benzene rings is 1. The summed E-state index contributed by atoms with van der Waals surface area (Å²) in [4.78, 5) is 24.0. The Morgan fingerprint density at radius 3 is 2.35 bits per heavy atom. The van der Waals surface area contributed by atoms with Crippen LogP contribution in [0.3, 0.4) is 0 Å². The molecule has 1 aromatic rings. The number of nitrogens with zero attached hydrogens (tertiary/aromatic N) is 1. The van der Waals surface area contributed by atoms with Gasteiger partial charge in [0.25, 0.3) is 5.91 Å².